The third-order valence-electron chi connectivity index (χ3n) is 2.11. The quantitative estimate of drug-likeness (QED) is 0.417. The summed E-state index contributed by atoms with van der Waals surface area (Å²) < 4.78 is 12.7. The number of hydrogen-bond donors (Lipinski definition) is 0. The molecule has 0 amide bonds. The Morgan fingerprint density at radius 1 is 1.40 bits per heavy atom. The lowest BCUT2D eigenvalue weighted by Crippen LogP contribution is -2.25. The maximum Gasteiger partial charge on any atom is 0.123 e. The Balaban J connectivity index is 2.65. The highest BCUT2D eigenvalue weighted by atomic mass is 19.1. The fraction of sp³-hybridized carbons (Fsp3) is 0.400. The van der Waals surface area contributed by atoms with Gasteiger partial charge in [-0.2, -0.15) is 0 Å². The second-order valence-corrected chi connectivity index (χ2v) is 3.01. The van der Waals surface area contributed by atoms with Crippen LogP contribution in [0.15, 0.2) is 29.4 Å². The van der Waals surface area contributed by atoms with Gasteiger partial charge in [-0.3, -0.25) is 0 Å². The second-order valence-electron chi connectivity index (χ2n) is 3.01. The Hall–Kier alpha value is -1.74. The molecule has 0 aliphatic rings. The average molecular weight is 208 g/mol. The first kappa shape index (κ1) is 11.3. The maximum absolute atomic E-state index is 12.7. The fourth-order valence-electron chi connectivity index (χ4n) is 1.33. The zero-order valence-corrected chi connectivity index (χ0v) is 8.60. The molecule has 4 nitrogen and oxygen atoms in total. The van der Waals surface area contributed by atoms with Gasteiger partial charge in [0, 0.05) is 30.2 Å². The second kappa shape index (κ2) is 5.88. The van der Waals surface area contributed by atoms with E-state index < -0.39 is 0 Å². The number of nitrogens with zero attached hydrogens (tertiary/aromatic N) is 4. The van der Waals surface area contributed by atoms with Crippen molar-refractivity contribution in [3.63, 3.8) is 0 Å². The van der Waals surface area contributed by atoms with E-state index in [9.17, 15) is 4.39 Å². The number of benzene rings is 1. The third-order valence-corrected chi connectivity index (χ3v) is 2.11. The molecule has 1 aromatic rings. The summed E-state index contributed by atoms with van der Waals surface area (Å²) in [6.45, 7) is 3.86. The number of hydrogen-bond acceptors (Lipinski definition) is 2. The van der Waals surface area contributed by atoms with Crippen molar-refractivity contribution < 1.29 is 4.39 Å². The van der Waals surface area contributed by atoms with Crippen LogP contribution < -0.4 is 4.90 Å². The predicted octanol–water partition coefficient (Wildman–Crippen LogP) is 2.96. The van der Waals surface area contributed by atoms with Gasteiger partial charge in [0.1, 0.15) is 5.82 Å². The van der Waals surface area contributed by atoms with Crippen LogP contribution in [0, 0.1) is 5.82 Å². The summed E-state index contributed by atoms with van der Waals surface area (Å²) in [5, 5.41) is 3.47. The number of anilines is 1. The van der Waals surface area contributed by atoms with Crippen molar-refractivity contribution in [1.82, 2.24) is 0 Å². The van der Waals surface area contributed by atoms with Crippen molar-refractivity contribution in [3.8, 4) is 0 Å². The van der Waals surface area contributed by atoms with E-state index in [1.807, 2.05) is 11.8 Å². The van der Waals surface area contributed by atoms with Crippen LogP contribution in [-0.2, 0) is 0 Å². The summed E-state index contributed by atoms with van der Waals surface area (Å²) in [7, 11) is 0. The van der Waals surface area contributed by atoms with E-state index in [0.717, 1.165) is 12.2 Å². The highest BCUT2D eigenvalue weighted by Crippen LogP contribution is 2.13. The first-order chi connectivity index (χ1) is 7.27. The molecule has 0 atom stereocenters. The fourth-order valence-corrected chi connectivity index (χ4v) is 1.33. The molecule has 0 saturated carbocycles. The Morgan fingerprint density at radius 3 is 2.60 bits per heavy atom. The monoisotopic (exact) mass is 208 g/mol. The third kappa shape index (κ3) is 3.48. The highest BCUT2D eigenvalue weighted by molar-refractivity contribution is 5.46. The minimum atomic E-state index is -0.246. The Morgan fingerprint density at radius 2 is 2.07 bits per heavy atom. The van der Waals surface area contributed by atoms with Gasteiger partial charge in [0.25, 0.3) is 0 Å². The molecule has 0 aliphatic heterocycles. The lowest BCUT2D eigenvalue weighted by atomic mass is 10.3. The molecule has 0 saturated heterocycles. The van der Waals surface area contributed by atoms with Gasteiger partial charge in [-0.15, -0.1) is 0 Å². The molecule has 1 rings (SSSR count). The van der Waals surface area contributed by atoms with Gasteiger partial charge in [0.15, 0.2) is 0 Å². The number of azide groups is 1. The van der Waals surface area contributed by atoms with Crippen LogP contribution in [-0.4, -0.2) is 19.6 Å². The van der Waals surface area contributed by atoms with Crippen LogP contribution in [0.2, 0.25) is 0 Å². The van der Waals surface area contributed by atoms with Crippen LogP contribution in [0.1, 0.15) is 6.92 Å². The number of rotatable bonds is 5. The standard InChI is InChI=1S/C10H13FN4/c1-2-15(8-7-13-14-12)10-5-3-9(11)4-6-10/h3-6H,2,7-8H2,1H3. The van der Waals surface area contributed by atoms with Crippen molar-refractivity contribution in [2.24, 2.45) is 5.11 Å². The first-order valence-corrected chi connectivity index (χ1v) is 4.79. The van der Waals surface area contributed by atoms with E-state index in [0.29, 0.717) is 13.1 Å². The van der Waals surface area contributed by atoms with E-state index in [1.165, 1.54) is 12.1 Å². The van der Waals surface area contributed by atoms with E-state index in [1.54, 1.807) is 12.1 Å². The zero-order chi connectivity index (χ0) is 11.1. The summed E-state index contributed by atoms with van der Waals surface area (Å²) in [6, 6.07) is 6.28. The molecule has 0 aliphatic carbocycles. The van der Waals surface area contributed by atoms with Gasteiger partial charge in [-0.05, 0) is 36.7 Å². The first-order valence-electron chi connectivity index (χ1n) is 4.79. The van der Waals surface area contributed by atoms with Gasteiger partial charge in [0.05, 0.1) is 0 Å². The summed E-state index contributed by atoms with van der Waals surface area (Å²) in [6.07, 6.45) is 0. The minimum absolute atomic E-state index is 0.246. The van der Waals surface area contributed by atoms with Gasteiger partial charge in [0.2, 0.25) is 0 Å². The molecule has 80 valence electrons. The normalized spacial score (nSPS) is 9.47. The number of likely N-dealkylation sites (N-methyl/N-ethyl adjacent to an activating group) is 1. The summed E-state index contributed by atoms with van der Waals surface area (Å²) in [5.41, 5.74) is 9.09. The van der Waals surface area contributed by atoms with Crippen LogP contribution in [0.5, 0.6) is 0 Å². The summed E-state index contributed by atoms with van der Waals surface area (Å²) >= 11 is 0. The molecule has 0 radical (unpaired) electrons. The molecule has 0 unspecified atom stereocenters. The van der Waals surface area contributed by atoms with Crippen LogP contribution in [0.25, 0.3) is 10.4 Å². The van der Waals surface area contributed by atoms with Crippen molar-refractivity contribution >= 4 is 5.69 Å². The Bertz CT molecular complexity index is 343. The molecule has 15 heavy (non-hydrogen) atoms. The molecule has 0 heterocycles. The van der Waals surface area contributed by atoms with Crippen LogP contribution in [0.3, 0.4) is 0 Å². The van der Waals surface area contributed by atoms with Gasteiger partial charge in [-0.1, -0.05) is 5.11 Å². The summed E-state index contributed by atoms with van der Waals surface area (Å²) in [5.74, 6) is -0.246. The van der Waals surface area contributed by atoms with Crippen LogP contribution >= 0.6 is 0 Å². The molecule has 0 bridgehead atoms. The Labute approximate surface area is 88.0 Å². The lowest BCUT2D eigenvalue weighted by molar-refractivity contribution is 0.627. The van der Waals surface area contributed by atoms with E-state index in [-0.39, 0.29) is 5.82 Å². The van der Waals surface area contributed by atoms with E-state index in [2.05, 4.69) is 10.0 Å². The smallest absolute Gasteiger partial charge is 0.123 e. The van der Waals surface area contributed by atoms with Crippen LogP contribution in [0.4, 0.5) is 10.1 Å². The molecular weight excluding hydrogens is 195 g/mol. The molecule has 0 fully saturated rings. The summed E-state index contributed by atoms with van der Waals surface area (Å²) in [4.78, 5) is 4.71. The molecule has 0 spiro atoms. The van der Waals surface area contributed by atoms with Gasteiger partial charge < -0.3 is 4.90 Å². The highest BCUT2D eigenvalue weighted by Gasteiger charge is 2.02. The molecule has 1 aromatic carbocycles. The van der Waals surface area contributed by atoms with E-state index in [4.69, 9.17) is 5.53 Å². The Kier molecular flexibility index (Phi) is 4.44. The zero-order valence-electron chi connectivity index (χ0n) is 8.60. The molecule has 5 heteroatoms. The topological polar surface area (TPSA) is 52.0 Å². The van der Waals surface area contributed by atoms with Crippen molar-refractivity contribution in [1.29, 1.82) is 0 Å². The lowest BCUT2D eigenvalue weighted by Gasteiger charge is -2.21. The van der Waals surface area contributed by atoms with Gasteiger partial charge >= 0.3 is 0 Å². The minimum Gasteiger partial charge on any atom is -0.372 e. The van der Waals surface area contributed by atoms with Crippen molar-refractivity contribution in [2.45, 2.75) is 6.92 Å². The van der Waals surface area contributed by atoms with Crippen molar-refractivity contribution in [3.05, 3.63) is 40.5 Å². The van der Waals surface area contributed by atoms with Gasteiger partial charge in [-0.25, -0.2) is 4.39 Å². The average Bonchev–Trinajstić information content (AvgIpc) is 2.26. The van der Waals surface area contributed by atoms with E-state index >= 15 is 0 Å². The number of halogens is 1. The largest absolute Gasteiger partial charge is 0.372 e. The maximum atomic E-state index is 12.7. The van der Waals surface area contributed by atoms with Crippen molar-refractivity contribution in [2.75, 3.05) is 24.5 Å². The predicted molar refractivity (Wildman–Crippen MR) is 58.3 cm³/mol. The molecular formula is C10H13FN4. The SMILES string of the molecule is CCN(CCN=[N+]=[N-])c1ccc(F)cc1. The molecule has 0 N–H and O–H groups in total. The molecule has 0 aromatic heterocycles.